The second kappa shape index (κ2) is 7.12. The first-order chi connectivity index (χ1) is 9.95. The van der Waals surface area contributed by atoms with E-state index in [0.717, 1.165) is 16.4 Å². The van der Waals surface area contributed by atoms with Crippen LogP contribution < -0.4 is 0 Å². The van der Waals surface area contributed by atoms with Gasteiger partial charge in [0.25, 0.3) is 5.91 Å². The summed E-state index contributed by atoms with van der Waals surface area (Å²) in [5, 5.41) is 10.1. The third-order valence-electron chi connectivity index (χ3n) is 3.50. The van der Waals surface area contributed by atoms with Crippen LogP contribution in [0.25, 0.3) is 0 Å². The third kappa shape index (κ3) is 3.61. The number of carbonyl (C=O) groups excluding carboxylic acids is 2. The molecular formula is C14H15I2NO4. The van der Waals surface area contributed by atoms with Crippen molar-refractivity contribution < 1.29 is 19.4 Å². The average Bonchev–Trinajstić information content (AvgIpc) is 2.49. The highest BCUT2D eigenvalue weighted by atomic mass is 127. The van der Waals surface area contributed by atoms with Gasteiger partial charge in [-0.2, -0.15) is 0 Å². The van der Waals surface area contributed by atoms with Crippen LogP contribution in [-0.4, -0.2) is 41.6 Å². The Balaban J connectivity index is 2.35. The molecule has 1 fully saturated rings. The van der Waals surface area contributed by atoms with Crippen molar-refractivity contribution >= 4 is 57.1 Å². The minimum absolute atomic E-state index is 0.0322. The molecule has 1 heterocycles. The first-order valence-corrected chi connectivity index (χ1v) is 8.68. The summed E-state index contributed by atoms with van der Waals surface area (Å²) in [6.07, 6.45) is 2.33. The quantitative estimate of drug-likeness (QED) is 0.487. The summed E-state index contributed by atoms with van der Waals surface area (Å²) in [5.74, 6) is -0.753. The number of halogens is 2. The number of nitrogens with zero attached hydrogens (tertiary/aromatic N) is 1. The van der Waals surface area contributed by atoms with Crippen LogP contribution in [0.4, 0.5) is 0 Å². The molecule has 0 radical (unpaired) electrons. The number of benzene rings is 1. The molecule has 1 N–H and O–H groups in total. The summed E-state index contributed by atoms with van der Waals surface area (Å²) in [5.41, 5.74) is 0.238. The second-order valence-corrected chi connectivity index (χ2v) is 7.22. The number of phenols is 1. The molecule has 2 rings (SSSR count). The zero-order valence-corrected chi connectivity index (χ0v) is 15.8. The molecule has 1 aromatic carbocycles. The molecule has 0 saturated carbocycles. The summed E-state index contributed by atoms with van der Waals surface area (Å²) in [6.45, 7) is 0.500. The van der Waals surface area contributed by atoms with E-state index in [1.807, 2.05) is 22.6 Å². The van der Waals surface area contributed by atoms with Crippen molar-refractivity contribution in [1.82, 2.24) is 4.90 Å². The molecule has 1 aliphatic rings. The minimum atomic E-state index is -0.564. The van der Waals surface area contributed by atoms with Gasteiger partial charge in [-0.1, -0.05) is 0 Å². The number of likely N-dealkylation sites (tertiary alicyclic amines) is 1. The van der Waals surface area contributed by atoms with Crippen LogP contribution >= 0.6 is 45.2 Å². The van der Waals surface area contributed by atoms with E-state index in [-0.39, 0.29) is 17.2 Å². The SMILES string of the molecule is COC(=O)C1CCCCN1C(=O)c1cc(I)cc(I)c1O. The standard InChI is InChI=1S/C14H15I2NO4/c1-21-14(20)11-4-2-3-5-17(11)13(19)9-6-8(15)7-10(16)12(9)18/h6-7,11,18H,2-5H2,1H3. The van der Waals surface area contributed by atoms with E-state index >= 15 is 0 Å². The third-order valence-corrected chi connectivity index (χ3v) is 4.94. The topological polar surface area (TPSA) is 66.8 Å². The normalized spacial score (nSPS) is 18.4. The van der Waals surface area contributed by atoms with Gasteiger partial charge in [0, 0.05) is 10.1 Å². The van der Waals surface area contributed by atoms with Crippen molar-refractivity contribution in [2.75, 3.05) is 13.7 Å². The predicted octanol–water partition coefficient (Wildman–Crippen LogP) is 2.77. The van der Waals surface area contributed by atoms with Crippen molar-refractivity contribution in [3.05, 3.63) is 24.8 Å². The van der Waals surface area contributed by atoms with E-state index in [1.54, 1.807) is 12.1 Å². The highest BCUT2D eigenvalue weighted by molar-refractivity contribution is 14.1. The molecule has 114 valence electrons. The summed E-state index contributed by atoms with van der Waals surface area (Å²) >= 11 is 4.09. The van der Waals surface area contributed by atoms with E-state index in [1.165, 1.54) is 12.0 Å². The van der Waals surface area contributed by atoms with Gasteiger partial charge in [-0.25, -0.2) is 4.79 Å². The molecule has 21 heavy (non-hydrogen) atoms. The number of phenolic OH excluding ortho intramolecular Hbond substituents is 1. The van der Waals surface area contributed by atoms with Crippen LogP contribution in [0.15, 0.2) is 12.1 Å². The van der Waals surface area contributed by atoms with Gasteiger partial charge in [0.1, 0.15) is 11.8 Å². The fraction of sp³-hybridized carbons (Fsp3) is 0.429. The van der Waals surface area contributed by atoms with E-state index in [4.69, 9.17) is 4.74 Å². The number of ether oxygens (including phenoxy) is 1. The Morgan fingerprint density at radius 1 is 1.33 bits per heavy atom. The Kier molecular flexibility index (Phi) is 5.69. The maximum atomic E-state index is 12.7. The highest BCUT2D eigenvalue weighted by Gasteiger charge is 2.34. The van der Waals surface area contributed by atoms with Crippen molar-refractivity contribution in [3.8, 4) is 5.75 Å². The minimum Gasteiger partial charge on any atom is -0.506 e. The largest absolute Gasteiger partial charge is 0.506 e. The zero-order chi connectivity index (χ0) is 15.6. The van der Waals surface area contributed by atoms with Crippen LogP contribution in [0.5, 0.6) is 5.75 Å². The van der Waals surface area contributed by atoms with Gasteiger partial charge in [-0.05, 0) is 76.6 Å². The summed E-state index contributed by atoms with van der Waals surface area (Å²) in [6, 6.07) is 2.87. The molecule has 7 heteroatoms. The fourth-order valence-electron chi connectivity index (χ4n) is 2.44. The number of hydrogen-bond acceptors (Lipinski definition) is 4. The fourth-order valence-corrected chi connectivity index (χ4v) is 4.28. The maximum absolute atomic E-state index is 12.7. The monoisotopic (exact) mass is 515 g/mol. The van der Waals surface area contributed by atoms with Gasteiger partial charge in [0.05, 0.1) is 16.2 Å². The van der Waals surface area contributed by atoms with Gasteiger partial charge < -0.3 is 14.7 Å². The number of carbonyl (C=O) groups is 2. The van der Waals surface area contributed by atoms with Gasteiger partial charge in [0.2, 0.25) is 0 Å². The van der Waals surface area contributed by atoms with E-state index in [0.29, 0.717) is 16.5 Å². The Bertz CT molecular complexity index is 576. The highest BCUT2D eigenvalue weighted by Crippen LogP contribution is 2.30. The second-order valence-electron chi connectivity index (χ2n) is 4.82. The lowest BCUT2D eigenvalue weighted by molar-refractivity contribution is -0.147. The molecule has 1 amide bonds. The molecule has 1 unspecified atom stereocenters. The molecule has 0 aromatic heterocycles. The van der Waals surface area contributed by atoms with Crippen molar-refractivity contribution in [3.63, 3.8) is 0 Å². The molecule has 0 bridgehead atoms. The molecule has 5 nitrogen and oxygen atoms in total. The lowest BCUT2D eigenvalue weighted by atomic mass is 10.0. The number of amides is 1. The van der Waals surface area contributed by atoms with Gasteiger partial charge in [-0.15, -0.1) is 0 Å². The van der Waals surface area contributed by atoms with E-state index < -0.39 is 12.0 Å². The average molecular weight is 515 g/mol. The molecule has 0 spiro atoms. The summed E-state index contributed by atoms with van der Waals surface area (Å²) in [4.78, 5) is 26.1. The first kappa shape index (κ1) is 16.8. The number of hydrogen-bond donors (Lipinski definition) is 1. The van der Waals surface area contributed by atoms with Gasteiger partial charge in [0.15, 0.2) is 0 Å². The van der Waals surface area contributed by atoms with E-state index in [9.17, 15) is 14.7 Å². The Hall–Kier alpha value is -0.580. The summed E-state index contributed by atoms with van der Waals surface area (Å²) in [7, 11) is 1.32. The number of piperidine rings is 1. The lowest BCUT2D eigenvalue weighted by Crippen LogP contribution is -2.48. The molecule has 0 aliphatic carbocycles. The maximum Gasteiger partial charge on any atom is 0.328 e. The Morgan fingerprint density at radius 3 is 2.71 bits per heavy atom. The van der Waals surface area contributed by atoms with Crippen LogP contribution in [0.1, 0.15) is 29.6 Å². The Morgan fingerprint density at radius 2 is 2.05 bits per heavy atom. The first-order valence-electron chi connectivity index (χ1n) is 6.52. The van der Waals surface area contributed by atoms with Crippen LogP contribution in [0, 0.1) is 7.14 Å². The van der Waals surface area contributed by atoms with Crippen molar-refractivity contribution in [1.29, 1.82) is 0 Å². The lowest BCUT2D eigenvalue weighted by Gasteiger charge is -2.34. The molecule has 1 aromatic rings. The van der Waals surface area contributed by atoms with Gasteiger partial charge >= 0.3 is 5.97 Å². The van der Waals surface area contributed by atoms with Gasteiger partial charge in [-0.3, -0.25) is 4.79 Å². The van der Waals surface area contributed by atoms with Crippen molar-refractivity contribution in [2.45, 2.75) is 25.3 Å². The van der Waals surface area contributed by atoms with Crippen molar-refractivity contribution in [2.24, 2.45) is 0 Å². The van der Waals surface area contributed by atoms with Crippen LogP contribution in [0.2, 0.25) is 0 Å². The number of rotatable bonds is 2. The van der Waals surface area contributed by atoms with E-state index in [2.05, 4.69) is 22.6 Å². The molecule has 1 aliphatic heterocycles. The predicted molar refractivity (Wildman–Crippen MR) is 94.2 cm³/mol. The Labute approximate surface area is 150 Å². The molecule has 1 atom stereocenters. The number of aromatic hydroxyl groups is 1. The summed E-state index contributed by atoms with van der Waals surface area (Å²) < 4.78 is 6.27. The van der Waals surface area contributed by atoms with Crippen LogP contribution in [0.3, 0.4) is 0 Å². The smallest absolute Gasteiger partial charge is 0.328 e. The molecular weight excluding hydrogens is 500 g/mol. The number of methoxy groups -OCH3 is 1. The number of esters is 1. The van der Waals surface area contributed by atoms with Crippen LogP contribution in [-0.2, 0) is 9.53 Å². The zero-order valence-electron chi connectivity index (χ0n) is 11.4. The molecule has 1 saturated heterocycles.